The summed E-state index contributed by atoms with van der Waals surface area (Å²) >= 11 is 1.58. The highest BCUT2D eigenvalue weighted by molar-refractivity contribution is 7.15. The first kappa shape index (κ1) is 19.9. The molecule has 0 saturated carbocycles. The van der Waals surface area contributed by atoms with E-state index in [4.69, 9.17) is 10.00 Å². The SMILES string of the molecule is COc1cc(Nc2ncc(C)s2)nc(N[C@@H]2C[C@H]3CCC[C@@H](C2)N3CCC#N)n1. The largest absolute Gasteiger partial charge is 0.481 e. The normalized spacial score (nSPS) is 24.0. The molecule has 0 aromatic carbocycles. The molecule has 2 fully saturated rings. The van der Waals surface area contributed by atoms with Crippen molar-refractivity contribution in [1.29, 1.82) is 5.26 Å². The van der Waals surface area contributed by atoms with Crippen LogP contribution in [-0.2, 0) is 0 Å². The van der Waals surface area contributed by atoms with Gasteiger partial charge in [0.15, 0.2) is 5.13 Å². The molecule has 154 valence electrons. The molecular formula is C20H27N7OS. The number of methoxy groups -OCH3 is 1. The van der Waals surface area contributed by atoms with Crippen LogP contribution in [0.4, 0.5) is 16.9 Å². The number of nitrogens with one attached hydrogen (secondary N) is 2. The molecule has 9 heteroatoms. The second kappa shape index (κ2) is 8.93. The van der Waals surface area contributed by atoms with E-state index in [0.29, 0.717) is 42.2 Å². The Labute approximate surface area is 175 Å². The van der Waals surface area contributed by atoms with Crippen molar-refractivity contribution in [3.63, 3.8) is 0 Å². The molecular weight excluding hydrogens is 386 g/mol. The van der Waals surface area contributed by atoms with Crippen LogP contribution in [0.5, 0.6) is 5.88 Å². The molecule has 2 N–H and O–H groups in total. The summed E-state index contributed by atoms with van der Waals surface area (Å²) in [5.41, 5.74) is 0. The lowest BCUT2D eigenvalue weighted by atomic mass is 9.81. The number of piperidine rings is 2. The lowest BCUT2D eigenvalue weighted by Crippen LogP contribution is -2.55. The standard InChI is InChI=1S/C20H27N7OS/c1-13-12-22-20(29-13)25-17-11-18(28-2)26-19(24-17)23-14-9-15-5-3-6-16(10-14)27(15)8-4-7-21/h11-12,14-16H,3-6,8-10H2,1-2H3,(H2,22,23,24,25,26)/t14-,15-,16+. The van der Waals surface area contributed by atoms with Gasteiger partial charge < -0.3 is 15.4 Å². The Bertz CT molecular complexity index is 866. The van der Waals surface area contributed by atoms with Gasteiger partial charge in [-0.3, -0.25) is 4.90 Å². The maximum absolute atomic E-state index is 8.96. The Morgan fingerprint density at radius 3 is 2.76 bits per heavy atom. The smallest absolute Gasteiger partial charge is 0.228 e. The predicted molar refractivity (Wildman–Crippen MR) is 114 cm³/mol. The van der Waals surface area contributed by atoms with Gasteiger partial charge in [-0.05, 0) is 32.6 Å². The first-order valence-corrected chi connectivity index (χ1v) is 11.0. The number of aromatic nitrogens is 3. The summed E-state index contributed by atoms with van der Waals surface area (Å²) < 4.78 is 5.38. The summed E-state index contributed by atoms with van der Waals surface area (Å²) in [4.78, 5) is 17.2. The zero-order valence-electron chi connectivity index (χ0n) is 16.9. The maximum atomic E-state index is 8.96. The number of fused-ring (bicyclic) bond motifs is 2. The van der Waals surface area contributed by atoms with Crippen LogP contribution in [0.25, 0.3) is 0 Å². The first-order valence-electron chi connectivity index (χ1n) is 10.2. The third kappa shape index (κ3) is 4.77. The Morgan fingerprint density at radius 1 is 1.31 bits per heavy atom. The number of aryl methyl sites for hydroxylation is 1. The van der Waals surface area contributed by atoms with Crippen LogP contribution in [-0.4, -0.2) is 51.6 Å². The minimum Gasteiger partial charge on any atom is -0.481 e. The van der Waals surface area contributed by atoms with Gasteiger partial charge >= 0.3 is 0 Å². The molecule has 0 aliphatic carbocycles. The number of nitriles is 1. The van der Waals surface area contributed by atoms with Gasteiger partial charge in [0.05, 0.1) is 13.2 Å². The Hall–Kier alpha value is -2.44. The third-order valence-electron chi connectivity index (χ3n) is 5.71. The number of nitrogens with zero attached hydrogens (tertiary/aromatic N) is 5. The van der Waals surface area contributed by atoms with Crippen molar-refractivity contribution in [3.05, 3.63) is 17.1 Å². The topological polar surface area (TPSA) is 99.0 Å². The van der Waals surface area contributed by atoms with Crippen LogP contribution < -0.4 is 15.4 Å². The van der Waals surface area contributed by atoms with Gasteiger partial charge in [0.2, 0.25) is 11.8 Å². The lowest BCUT2D eigenvalue weighted by Gasteiger charge is -2.48. The highest BCUT2D eigenvalue weighted by atomic mass is 32.1. The van der Waals surface area contributed by atoms with E-state index < -0.39 is 0 Å². The summed E-state index contributed by atoms with van der Waals surface area (Å²) in [6.45, 7) is 2.91. The molecule has 2 aromatic heterocycles. The molecule has 0 spiro atoms. The average Bonchev–Trinajstić information content (AvgIpc) is 3.10. The van der Waals surface area contributed by atoms with Crippen LogP contribution in [0.3, 0.4) is 0 Å². The van der Waals surface area contributed by atoms with Crippen molar-refractivity contribution in [1.82, 2.24) is 19.9 Å². The number of ether oxygens (including phenoxy) is 1. The van der Waals surface area contributed by atoms with Crippen LogP contribution >= 0.6 is 11.3 Å². The van der Waals surface area contributed by atoms with Crippen molar-refractivity contribution < 1.29 is 4.74 Å². The summed E-state index contributed by atoms with van der Waals surface area (Å²) in [6.07, 6.45) is 8.24. The third-order valence-corrected chi connectivity index (χ3v) is 6.54. The molecule has 2 aliphatic rings. The first-order chi connectivity index (χ1) is 14.1. The second-order valence-corrected chi connectivity index (χ2v) is 8.95. The Balaban J connectivity index is 1.46. The van der Waals surface area contributed by atoms with E-state index in [0.717, 1.165) is 29.4 Å². The quantitative estimate of drug-likeness (QED) is 0.709. The van der Waals surface area contributed by atoms with E-state index in [1.165, 1.54) is 19.3 Å². The molecule has 3 atom stereocenters. The van der Waals surface area contributed by atoms with Crippen LogP contribution in [0.1, 0.15) is 43.4 Å². The van der Waals surface area contributed by atoms with E-state index in [9.17, 15) is 0 Å². The fourth-order valence-electron chi connectivity index (χ4n) is 4.50. The lowest BCUT2D eigenvalue weighted by molar-refractivity contribution is 0.0369. The average molecular weight is 414 g/mol. The minimum atomic E-state index is 0.325. The van der Waals surface area contributed by atoms with E-state index in [1.807, 2.05) is 13.1 Å². The molecule has 0 unspecified atom stereocenters. The summed E-state index contributed by atoms with van der Waals surface area (Å²) in [5, 5.41) is 16.5. The highest BCUT2D eigenvalue weighted by Gasteiger charge is 2.38. The molecule has 29 heavy (non-hydrogen) atoms. The van der Waals surface area contributed by atoms with E-state index in [2.05, 4.69) is 36.6 Å². The summed E-state index contributed by atoms with van der Waals surface area (Å²) in [5.74, 6) is 1.76. The number of anilines is 3. The van der Waals surface area contributed by atoms with Gasteiger partial charge in [-0.1, -0.05) is 6.42 Å². The van der Waals surface area contributed by atoms with Gasteiger partial charge in [-0.25, -0.2) is 4.98 Å². The fraction of sp³-hybridized carbons (Fsp3) is 0.600. The van der Waals surface area contributed by atoms with Gasteiger partial charge in [0, 0.05) is 48.2 Å². The van der Waals surface area contributed by atoms with Crippen LogP contribution in [0, 0.1) is 18.3 Å². The van der Waals surface area contributed by atoms with Crippen molar-refractivity contribution in [2.75, 3.05) is 24.3 Å². The molecule has 2 aromatic rings. The van der Waals surface area contributed by atoms with Crippen molar-refractivity contribution in [3.8, 4) is 11.9 Å². The molecule has 4 heterocycles. The van der Waals surface area contributed by atoms with Gasteiger partial charge in [0.25, 0.3) is 0 Å². The number of rotatable bonds is 7. The minimum absolute atomic E-state index is 0.325. The summed E-state index contributed by atoms with van der Waals surface area (Å²) in [6, 6.07) is 5.47. The maximum Gasteiger partial charge on any atom is 0.228 e. The monoisotopic (exact) mass is 413 g/mol. The molecule has 4 rings (SSSR count). The molecule has 0 amide bonds. The van der Waals surface area contributed by atoms with E-state index in [-0.39, 0.29) is 0 Å². The zero-order chi connectivity index (χ0) is 20.2. The Morgan fingerprint density at radius 2 is 2.10 bits per heavy atom. The molecule has 8 nitrogen and oxygen atoms in total. The molecule has 2 bridgehead atoms. The fourth-order valence-corrected chi connectivity index (χ4v) is 5.17. The number of hydrogen-bond donors (Lipinski definition) is 2. The van der Waals surface area contributed by atoms with Gasteiger partial charge in [0.1, 0.15) is 5.82 Å². The van der Waals surface area contributed by atoms with Crippen molar-refractivity contribution in [2.24, 2.45) is 0 Å². The van der Waals surface area contributed by atoms with Gasteiger partial charge in [-0.2, -0.15) is 15.2 Å². The Kier molecular flexibility index (Phi) is 6.11. The van der Waals surface area contributed by atoms with Crippen molar-refractivity contribution in [2.45, 2.75) is 63.6 Å². The highest BCUT2D eigenvalue weighted by Crippen LogP contribution is 2.35. The van der Waals surface area contributed by atoms with Gasteiger partial charge in [-0.15, -0.1) is 11.3 Å². The molecule has 0 radical (unpaired) electrons. The van der Waals surface area contributed by atoms with E-state index >= 15 is 0 Å². The predicted octanol–water partition coefficient (Wildman–Crippen LogP) is 3.70. The van der Waals surface area contributed by atoms with Crippen molar-refractivity contribution >= 4 is 28.2 Å². The van der Waals surface area contributed by atoms with Crippen LogP contribution in [0.2, 0.25) is 0 Å². The zero-order valence-corrected chi connectivity index (χ0v) is 17.7. The number of thiazole rings is 1. The van der Waals surface area contributed by atoms with E-state index in [1.54, 1.807) is 24.5 Å². The number of hydrogen-bond acceptors (Lipinski definition) is 9. The second-order valence-electron chi connectivity index (χ2n) is 7.72. The molecule has 2 aliphatic heterocycles. The van der Waals surface area contributed by atoms with Crippen LogP contribution in [0.15, 0.2) is 12.3 Å². The molecule has 2 saturated heterocycles. The summed E-state index contributed by atoms with van der Waals surface area (Å²) in [7, 11) is 1.61.